The van der Waals surface area contributed by atoms with Crippen molar-refractivity contribution in [1.82, 2.24) is 15.1 Å². The molecule has 0 aliphatic rings. The monoisotopic (exact) mass is 247 g/mol. The van der Waals surface area contributed by atoms with E-state index in [0.29, 0.717) is 4.68 Å². The molecular formula is C9H11F2N3O3. The van der Waals surface area contributed by atoms with Crippen molar-refractivity contribution < 1.29 is 23.5 Å². The average Bonchev–Trinajstić information content (AvgIpc) is 2.74. The Labute approximate surface area is 95.2 Å². The fourth-order valence-electron chi connectivity index (χ4n) is 0.997. The summed E-state index contributed by atoms with van der Waals surface area (Å²) in [5.41, 5.74) is -0.0390. The molecule has 0 radical (unpaired) electrons. The summed E-state index contributed by atoms with van der Waals surface area (Å²) in [6, 6.07) is 0. The van der Waals surface area contributed by atoms with Crippen molar-refractivity contribution in [2.45, 2.75) is 13.5 Å². The number of carbonyl (C=O) groups excluding carboxylic acids is 1. The van der Waals surface area contributed by atoms with Crippen LogP contribution in [0.2, 0.25) is 0 Å². The van der Waals surface area contributed by atoms with Gasteiger partial charge in [0.05, 0.1) is 17.7 Å². The molecule has 17 heavy (non-hydrogen) atoms. The number of aliphatic carboxylic acids is 1. The van der Waals surface area contributed by atoms with E-state index in [1.165, 1.54) is 6.92 Å². The van der Waals surface area contributed by atoms with Crippen LogP contribution in [0.4, 0.5) is 8.78 Å². The van der Waals surface area contributed by atoms with Gasteiger partial charge in [-0.1, -0.05) is 6.92 Å². The summed E-state index contributed by atoms with van der Waals surface area (Å²) in [6.07, 6.45) is 1.89. The molecule has 8 heteroatoms. The number of halogens is 2. The van der Waals surface area contributed by atoms with E-state index in [9.17, 15) is 18.4 Å². The zero-order valence-electron chi connectivity index (χ0n) is 8.93. The second-order valence-electron chi connectivity index (χ2n) is 3.44. The first kappa shape index (κ1) is 13.1. The molecule has 0 fully saturated rings. The van der Waals surface area contributed by atoms with E-state index in [2.05, 4.69) is 10.4 Å². The summed E-state index contributed by atoms with van der Waals surface area (Å²) in [4.78, 5) is 21.9. The number of nitrogens with zero attached hydrogens (tertiary/aromatic N) is 2. The summed E-state index contributed by atoms with van der Waals surface area (Å²) in [5.74, 6) is -2.43. The third-order valence-electron chi connectivity index (χ3n) is 2.05. The Morgan fingerprint density at radius 3 is 2.71 bits per heavy atom. The van der Waals surface area contributed by atoms with E-state index in [0.717, 1.165) is 12.4 Å². The predicted octanol–water partition coefficient (Wildman–Crippen LogP) is 0.729. The Hall–Kier alpha value is -1.99. The third kappa shape index (κ3) is 3.51. The molecule has 0 aliphatic carbocycles. The highest BCUT2D eigenvalue weighted by atomic mass is 19.3. The van der Waals surface area contributed by atoms with Crippen molar-refractivity contribution in [3.8, 4) is 0 Å². The molecule has 0 aliphatic heterocycles. The van der Waals surface area contributed by atoms with Crippen LogP contribution in [0.3, 0.4) is 0 Å². The van der Waals surface area contributed by atoms with Gasteiger partial charge in [0.25, 0.3) is 5.91 Å². The van der Waals surface area contributed by atoms with Gasteiger partial charge in [0, 0.05) is 12.7 Å². The fourth-order valence-corrected chi connectivity index (χ4v) is 0.997. The van der Waals surface area contributed by atoms with Crippen LogP contribution in [-0.2, 0) is 4.79 Å². The van der Waals surface area contributed by atoms with Gasteiger partial charge in [0.15, 0.2) is 0 Å². The number of amides is 1. The molecule has 94 valence electrons. The molecule has 1 aromatic rings. The van der Waals surface area contributed by atoms with Crippen LogP contribution in [0.1, 0.15) is 23.8 Å². The van der Waals surface area contributed by atoms with Gasteiger partial charge in [-0.2, -0.15) is 13.9 Å². The lowest BCUT2D eigenvalue weighted by Crippen LogP contribution is -2.31. The van der Waals surface area contributed by atoms with E-state index >= 15 is 0 Å². The summed E-state index contributed by atoms with van der Waals surface area (Å²) in [7, 11) is 0. The van der Waals surface area contributed by atoms with Gasteiger partial charge in [-0.25, -0.2) is 4.68 Å². The van der Waals surface area contributed by atoms with E-state index in [1.807, 2.05) is 0 Å². The van der Waals surface area contributed by atoms with Gasteiger partial charge >= 0.3 is 12.5 Å². The number of alkyl halides is 2. The molecule has 0 spiro atoms. The number of rotatable bonds is 5. The summed E-state index contributed by atoms with van der Waals surface area (Å²) < 4.78 is 24.7. The topological polar surface area (TPSA) is 84.2 Å². The van der Waals surface area contributed by atoms with Gasteiger partial charge < -0.3 is 10.4 Å². The van der Waals surface area contributed by atoms with Crippen molar-refractivity contribution >= 4 is 11.9 Å². The minimum atomic E-state index is -2.81. The van der Waals surface area contributed by atoms with Crippen LogP contribution in [0, 0.1) is 5.92 Å². The number of nitrogens with one attached hydrogen (secondary N) is 1. The lowest BCUT2D eigenvalue weighted by molar-refractivity contribution is -0.140. The molecule has 0 bridgehead atoms. The molecule has 1 aromatic heterocycles. The zero-order valence-corrected chi connectivity index (χ0v) is 8.93. The van der Waals surface area contributed by atoms with Crippen molar-refractivity contribution in [1.29, 1.82) is 0 Å². The van der Waals surface area contributed by atoms with Crippen LogP contribution in [0.25, 0.3) is 0 Å². The predicted molar refractivity (Wildman–Crippen MR) is 52.6 cm³/mol. The van der Waals surface area contributed by atoms with Gasteiger partial charge in [-0.3, -0.25) is 9.59 Å². The average molecular weight is 247 g/mol. The van der Waals surface area contributed by atoms with Crippen molar-refractivity contribution in [2.24, 2.45) is 5.92 Å². The fraction of sp³-hybridized carbons (Fsp3) is 0.444. The lowest BCUT2D eigenvalue weighted by atomic mass is 10.2. The SMILES string of the molecule is CC(CNC(=O)c1cnn(C(F)F)c1)C(=O)O. The van der Waals surface area contributed by atoms with Gasteiger partial charge in [0.1, 0.15) is 0 Å². The molecule has 1 rings (SSSR count). The second-order valence-corrected chi connectivity index (χ2v) is 3.44. The highest BCUT2D eigenvalue weighted by molar-refractivity contribution is 5.93. The van der Waals surface area contributed by atoms with Gasteiger partial charge in [0.2, 0.25) is 0 Å². The number of hydrogen-bond acceptors (Lipinski definition) is 3. The Morgan fingerprint density at radius 2 is 2.24 bits per heavy atom. The first-order valence-corrected chi connectivity index (χ1v) is 4.75. The van der Waals surface area contributed by atoms with Crippen molar-refractivity contribution in [3.05, 3.63) is 18.0 Å². The first-order valence-electron chi connectivity index (χ1n) is 4.75. The van der Waals surface area contributed by atoms with E-state index in [4.69, 9.17) is 5.11 Å². The zero-order chi connectivity index (χ0) is 13.0. The molecule has 0 saturated heterocycles. The second kappa shape index (κ2) is 5.37. The maximum atomic E-state index is 12.2. The minimum Gasteiger partial charge on any atom is -0.481 e. The molecule has 1 unspecified atom stereocenters. The first-order chi connectivity index (χ1) is 7.91. The maximum absolute atomic E-state index is 12.2. The number of carboxylic acid groups (broad SMARTS) is 1. The van der Waals surface area contributed by atoms with Crippen molar-refractivity contribution in [3.63, 3.8) is 0 Å². The van der Waals surface area contributed by atoms with Crippen LogP contribution >= 0.6 is 0 Å². The summed E-state index contributed by atoms with van der Waals surface area (Å²) >= 11 is 0. The van der Waals surface area contributed by atoms with E-state index in [-0.39, 0.29) is 12.1 Å². The maximum Gasteiger partial charge on any atom is 0.333 e. The summed E-state index contributed by atoms with van der Waals surface area (Å²) in [6.45, 7) is -1.46. The molecule has 1 heterocycles. The third-order valence-corrected chi connectivity index (χ3v) is 2.05. The largest absolute Gasteiger partial charge is 0.481 e. The number of hydrogen-bond donors (Lipinski definition) is 2. The Balaban J connectivity index is 2.55. The molecule has 1 atom stereocenters. The van der Waals surface area contributed by atoms with E-state index < -0.39 is 24.3 Å². The number of carboxylic acids is 1. The quantitative estimate of drug-likeness (QED) is 0.803. The standard InChI is InChI=1S/C9H11F2N3O3/c1-5(8(16)17)2-12-7(15)6-3-13-14(4-6)9(10)11/h3-5,9H,2H2,1H3,(H,12,15)(H,16,17). The van der Waals surface area contributed by atoms with Gasteiger partial charge in [-0.15, -0.1) is 0 Å². The molecular weight excluding hydrogens is 236 g/mol. The molecule has 6 nitrogen and oxygen atoms in total. The smallest absolute Gasteiger partial charge is 0.333 e. The Morgan fingerprint density at radius 1 is 1.59 bits per heavy atom. The highest BCUT2D eigenvalue weighted by Gasteiger charge is 2.15. The van der Waals surface area contributed by atoms with Gasteiger partial charge in [-0.05, 0) is 0 Å². The Bertz CT molecular complexity index is 419. The van der Waals surface area contributed by atoms with Crippen LogP contribution in [-0.4, -0.2) is 33.3 Å². The van der Waals surface area contributed by atoms with Crippen LogP contribution < -0.4 is 5.32 Å². The molecule has 0 aromatic carbocycles. The van der Waals surface area contributed by atoms with E-state index in [1.54, 1.807) is 0 Å². The highest BCUT2D eigenvalue weighted by Crippen LogP contribution is 2.09. The molecule has 2 N–H and O–H groups in total. The Kier molecular flexibility index (Phi) is 4.13. The summed E-state index contributed by atoms with van der Waals surface area (Å²) in [5, 5.41) is 14.2. The normalized spacial score (nSPS) is 12.5. The lowest BCUT2D eigenvalue weighted by Gasteiger charge is -2.06. The number of carbonyl (C=O) groups is 2. The number of aromatic nitrogens is 2. The van der Waals surface area contributed by atoms with Crippen LogP contribution in [0.15, 0.2) is 12.4 Å². The van der Waals surface area contributed by atoms with Crippen molar-refractivity contribution in [2.75, 3.05) is 6.54 Å². The minimum absolute atomic E-state index is 0.0390. The molecule has 1 amide bonds. The van der Waals surface area contributed by atoms with Crippen LogP contribution in [0.5, 0.6) is 0 Å². The molecule has 0 saturated carbocycles.